The monoisotopic (exact) mass is 295 g/mol. The molecule has 0 fully saturated rings. The van der Waals surface area contributed by atoms with Gasteiger partial charge in [0.05, 0.1) is 10.6 Å². The minimum Gasteiger partial charge on any atom is -0.619 e. The molecule has 0 bridgehead atoms. The molecule has 6 heteroatoms. The van der Waals surface area contributed by atoms with Crippen LogP contribution in [0.5, 0.6) is 0 Å². The van der Waals surface area contributed by atoms with Crippen LogP contribution in [-0.4, -0.2) is 5.97 Å². The molecule has 2 aromatic rings. The van der Waals surface area contributed by atoms with Crippen LogP contribution >= 0.6 is 11.6 Å². The first-order valence-corrected chi connectivity index (χ1v) is 6.20. The van der Waals surface area contributed by atoms with Crippen LogP contribution < -0.4 is 4.73 Å². The number of hydrogen-bond donors (Lipinski definition) is 0. The molecule has 20 heavy (non-hydrogen) atoms. The summed E-state index contributed by atoms with van der Waals surface area (Å²) in [6.45, 7) is 1.65. The predicted octanol–water partition coefficient (Wildman–Crippen LogP) is 3.03. The lowest BCUT2D eigenvalue weighted by Crippen LogP contribution is -2.24. The molecule has 1 atom stereocenters. The third-order valence-corrected chi connectivity index (χ3v) is 3.02. The molecule has 0 aliphatic carbocycles. The highest BCUT2D eigenvalue weighted by atomic mass is 35.5. The number of benzene rings is 1. The Kier molecular flexibility index (Phi) is 4.20. The van der Waals surface area contributed by atoms with Gasteiger partial charge in [0.1, 0.15) is 11.9 Å². The molecular formula is C14H11ClFNO3. The number of halogens is 2. The fourth-order valence-electron chi connectivity index (χ4n) is 1.61. The third kappa shape index (κ3) is 3.24. The number of pyridine rings is 1. The molecule has 104 valence electrons. The fourth-order valence-corrected chi connectivity index (χ4v) is 1.80. The topological polar surface area (TPSA) is 53.2 Å². The molecule has 0 N–H and O–H groups in total. The highest BCUT2D eigenvalue weighted by molar-refractivity contribution is 6.30. The van der Waals surface area contributed by atoms with E-state index in [9.17, 15) is 14.4 Å². The van der Waals surface area contributed by atoms with E-state index in [2.05, 4.69) is 0 Å². The minimum absolute atomic E-state index is 0.0301. The number of hydrogen-bond acceptors (Lipinski definition) is 3. The number of carbonyl (C=O) groups is 1. The number of nitrogens with zero attached hydrogens (tertiary/aromatic N) is 1. The standard InChI is InChI=1S/C14H11ClFNO3/c1-9(11-2-3-13(16)12(15)8-11)20-14(18)10-4-6-17(19)7-5-10/h2-9H,1H3/t9-/m0/s1. The average Bonchev–Trinajstić information content (AvgIpc) is 2.42. The van der Waals surface area contributed by atoms with Crippen molar-refractivity contribution in [2.45, 2.75) is 13.0 Å². The molecule has 4 nitrogen and oxygen atoms in total. The molecule has 2 rings (SSSR count). The summed E-state index contributed by atoms with van der Waals surface area (Å²) in [5, 5.41) is 10.8. The van der Waals surface area contributed by atoms with Crippen molar-refractivity contribution in [3.8, 4) is 0 Å². The largest absolute Gasteiger partial charge is 0.619 e. The smallest absolute Gasteiger partial charge is 0.339 e. The van der Waals surface area contributed by atoms with Crippen LogP contribution in [0.1, 0.15) is 28.9 Å². The molecule has 0 saturated heterocycles. The zero-order valence-electron chi connectivity index (χ0n) is 10.5. The Morgan fingerprint density at radius 2 is 2.00 bits per heavy atom. The second kappa shape index (κ2) is 5.88. The Bertz CT molecular complexity index is 631. The van der Waals surface area contributed by atoms with Crippen molar-refractivity contribution >= 4 is 17.6 Å². The van der Waals surface area contributed by atoms with Crippen molar-refractivity contribution in [1.29, 1.82) is 0 Å². The molecule has 0 aliphatic heterocycles. The Morgan fingerprint density at radius 3 is 2.60 bits per heavy atom. The normalized spacial score (nSPS) is 11.9. The van der Waals surface area contributed by atoms with E-state index in [0.717, 1.165) is 0 Å². The summed E-state index contributed by atoms with van der Waals surface area (Å²) in [6, 6.07) is 6.84. The average molecular weight is 296 g/mol. The van der Waals surface area contributed by atoms with Gasteiger partial charge < -0.3 is 9.94 Å². The highest BCUT2D eigenvalue weighted by Gasteiger charge is 2.15. The molecule has 1 aromatic carbocycles. The Labute approximate surface area is 120 Å². The van der Waals surface area contributed by atoms with Crippen molar-refractivity contribution < 1.29 is 18.7 Å². The number of esters is 1. The van der Waals surface area contributed by atoms with Gasteiger partial charge in [-0.15, -0.1) is 0 Å². The molecule has 1 aromatic heterocycles. The van der Waals surface area contributed by atoms with Crippen LogP contribution in [0.4, 0.5) is 4.39 Å². The van der Waals surface area contributed by atoms with E-state index in [0.29, 0.717) is 10.3 Å². The lowest BCUT2D eigenvalue weighted by atomic mass is 10.1. The van der Waals surface area contributed by atoms with Crippen LogP contribution in [0.15, 0.2) is 42.7 Å². The summed E-state index contributed by atoms with van der Waals surface area (Å²) < 4.78 is 18.9. The molecule has 0 unspecified atom stereocenters. The molecular weight excluding hydrogens is 285 g/mol. The van der Waals surface area contributed by atoms with Crippen molar-refractivity contribution in [2.75, 3.05) is 0 Å². The zero-order valence-corrected chi connectivity index (χ0v) is 11.3. The van der Waals surface area contributed by atoms with E-state index in [1.807, 2.05) is 0 Å². The van der Waals surface area contributed by atoms with Crippen LogP contribution in [0.2, 0.25) is 5.02 Å². The Morgan fingerprint density at radius 1 is 1.35 bits per heavy atom. The first kappa shape index (κ1) is 14.3. The Hall–Kier alpha value is -2.14. The van der Waals surface area contributed by atoms with Crippen LogP contribution in [0, 0.1) is 11.0 Å². The van der Waals surface area contributed by atoms with Gasteiger partial charge in [0, 0.05) is 12.1 Å². The fraction of sp³-hybridized carbons (Fsp3) is 0.143. The van der Waals surface area contributed by atoms with Crippen molar-refractivity contribution in [3.63, 3.8) is 0 Å². The van der Waals surface area contributed by atoms with E-state index < -0.39 is 17.9 Å². The van der Waals surface area contributed by atoms with E-state index in [1.54, 1.807) is 6.92 Å². The summed E-state index contributed by atoms with van der Waals surface area (Å²) in [4.78, 5) is 11.9. The maximum Gasteiger partial charge on any atom is 0.339 e. The van der Waals surface area contributed by atoms with Gasteiger partial charge in [-0.25, -0.2) is 9.18 Å². The molecule has 0 amide bonds. The quantitative estimate of drug-likeness (QED) is 0.497. The third-order valence-electron chi connectivity index (χ3n) is 2.73. The zero-order chi connectivity index (χ0) is 14.7. The van der Waals surface area contributed by atoms with E-state index >= 15 is 0 Å². The number of aromatic nitrogens is 1. The summed E-state index contributed by atoms with van der Waals surface area (Å²) in [5.74, 6) is -1.10. The Balaban J connectivity index is 2.10. The highest BCUT2D eigenvalue weighted by Crippen LogP contribution is 2.23. The van der Waals surface area contributed by atoms with Crippen molar-refractivity contribution in [3.05, 3.63) is 69.9 Å². The summed E-state index contributed by atoms with van der Waals surface area (Å²) in [5.41, 5.74) is 0.844. The van der Waals surface area contributed by atoms with E-state index in [1.165, 1.54) is 42.7 Å². The second-order valence-electron chi connectivity index (χ2n) is 4.17. The predicted molar refractivity (Wildman–Crippen MR) is 70.6 cm³/mol. The summed E-state index contributed by atoms with van der Waals surface area (Å²) >= 11 is 5.68. The van der Waals surface area contributed by atoms with Gasteiger partial charge in [-0.2, -0.15) is 4.73 Å². The van der Waals surface area contributed by atoms with Crippen LogP contribution in [0.3, 0.4) is 0 Å². The van der Waals surface area contributed by atoms with Crippen molar-refractivity contribution in [2.24, 2.45) is 0 Å². The van der Waals surface area contributed by atoms with Crippen LogP contribution in [-0.2, 0) is 4.74 Å². The van der Waals surface area contributed by atoms with Crippen molar-refractivity contribution in [1.82, 2.24) is 0 Å². The maximum atomic E-state index is 13.1. The van der Waals surface area contributed by atoms with Gasteiger partial charge in [0.15, 0.2) is 12.4 Å². The SMILES string of the molecule is C[C@H](OC(=O)c1cc[n+]([O-])cc1)c1ccc(F)c(Cl)c1. The van der Waals surface area contributed by atoms with E-state index in [4.69, 9.17) is 16.3 Å². The van der Waals surface area contributed by atoms with Crippen LogP contribution in [0.25, 0.3) is 0 Å². The summed E-state index contributed by atoms with van der Waals surface area (Å²) in [6.07, 6.45) is 1.83. The molecule has 0 spiro atoms. The molecule has 0 saturated carbocycles. The van der Waals surface area contributed by atoms with Gasteiger partial charge in [-0.05, 0) is 24.6 Å². The lowest BCUT2D eigenvalue weighted by molar-refractivity contribution is -0.605. The number of carbonyl (C=O) groups excluding carboxylic acids is 1. The maximum absolute atomic E-state index is 13.1. The number of rotatable bonds is 3. The van der Waals surface area contributed by atoms with Gasteiger partial charge in [0.2, 0.25) is 0 Å². The van der Waals surface area contributed by atoms with Gasteiger partial charge in [-0.3, -0.25) is 0 Å². The lowest BCUT2D eigenvalue weighted by Gasteiger charge is -2.14. The van der Waals surface area contributed by atoms with Gasteiger partial charge >= 0.3 is 5.97 Å². The van der Waals surface area contributed by atoms with E-state index in [-0.39, 0.29) is 10.6 Å². The molecule has 0 aliphatic rings. The molecule has 1 heterocycles. The first-order chi connectivity index (χ1) is 9.47. The summed E-state index contributed by atoms with van der Waals surface area (Å²) in [7, 11) is 0. The second-order valence-corrected chi connectivity index (χ2v) is 4.57. The van der Waals surface area contributed by atoms with Gasteiger partial charge in [0.25, 0.3) is 0 Å². The number of ether oxygens (including phenoxy) is 1. The first-order valence-electron chi connectivity index (χ1n) is 5.82. The van der Waals surface area contributed by atoms with Gasteiger partial charge in [-0.1, -0.05) is 17.7 Å². The molecule has 0 radical (unpaired) electrons. The minimum atomic E-state index is -0.583.